The zero-order valence-corrected chi connectivity index (χ0v) is 20.6. The van der Waals surface area contributed by atoms with E-state index in [0.29, 0.717) is 40.5 Å². The number of aromatic amines is 1. The predicted octanol–water partition coefficient (Wildman–Crippen LogP) is 2.96. The summed E-state index contributed by atoms with van der Waals surface area (Å²) in [7, 11) is 1.41. The number of ether oxygens (including phenoxy) is 2. The number of H-pyrrole nitrogens is 1. The molecule has 36 heavy (non-hydrogen) atoms. The first-order valence-corrected chi connectivity index (χ1v) is 12.1. The van der Waals surface area contributed by atoms with Gasteiger partial charge in [0.1, 0.15) is 36.1 Å². The molecular formula is C26H30FN5O4. The van der Waals surface area contributed by atoms with Crippen LogP contribution >= 0.6 is 0 Å². The Morgan fingerprint density at radius 1 is 1.22 bits per heavy atom. The maximum atomic E-state index is 14.7. The molecule has 190 valence electrons. The van der Waals surface area contributed by atoms with E-state index in [9.17, 15) is 14.0 Å². The highest BCUT2D eigenvalue weighted by atomic mass is 19.1. The van der Waals surface area contributed by atoms with Crippen molar-refractivity contribution >= 4 is 22.8 Å². The molecular weight excluding hydrogens is 465 g/mol. The van der Waals surface area contributed by atoms with E-state index in [2.05, 4.69) is 20.3 Å². The summed E-state index contributed by atoms with van der Waals surface area (Å²) in [5, 5.41) is 2.76. The fraction of sp³-hybridized carbons (Fsp3) is 0.462. The van der Waals surface area contributed by atoms with Crippen LogP contribution in [-0.4, -0.2) is 77.3 Å². The van der Waals surface area contributed by atoms with Gasteiger partial charge in [0.25, 0.3) is 5.91 Å². The van der Waals surface area contributed by atoms with Gasteiger partial charge in [-0.25, -0.2) is 14.4 Å². The van der Waals surface area contributed by atoms with Crippen LogP contribution in [0.25, 0.3) is 22.3 Å². The minimum Gasteiger partial charge on any atom is -0.493 e. The topological polar surface area (TPSA) is 109 Å². The van der Waals surface area contributed by atoms with Crippen LogP contribution in [0, 0.1) is 19.8 Å². The van der Waals surface area contributed by atoms with Crippen LogP contribution in [-0.2, 0) is 9.53 Å². The van der Waals surface area contributed by atoms with Crippen molar-refractivity contribution < 1.29 is 23.5 Å². The van der Waals surface area contributed by atoms with Crippen molar-refractivity contribution in [1.82, 2.24) is 25.2 Å². The van der Waals surface area contributed by atoms with Gasteiger partial charge in [-0.05, 0) is 44.7 Å². The normalized spacial score (nSPS) is 19.6. The summed E-state index contributed by atoms with van der Waals surface area (Å²) in [4.78, 5) is 38.9. The summed E-state index contributed by atoms with van der Waals surface area (Å²) in [6.45, 7) is 4.32. The second-order valence-corrected chi connectivity index (χ2v) is 9.65. The lowest BCUT2D eigenvalue weighted by molar-refractivity contribution is -0.134. The number of hydrogen-bond acceptors (Lipinski definition) is 6. The van der Waals surface area contributed by atoms with E-state index in [1.165, 1.54) is 31.2 Å². The van der Waals surface area contributed by atoms with Gasteiger partial charge in [-0.3, -0.25) is 9.59 Å². The van der Waals surface area contributed by atoms with Gasteiger partial charge in [0.2, 0.25) is 5.91 Å². The Hall–Kier alpha value is -3.53. The minimum atomic E-state index is -1.37. The third-order valence-corrected chi connectivity index (χ3v) is 6.75. The van der Waals surface area contributed by atoms with Crippen molar-refractivity contribution in [3.8, 4) is 17.0 Å². The van der Waals surface area contributed by atoms with Crippen LogP contribution < -0.4 is 10.1 Å². The van der Waals surface area contributed by atoms with Crippen molar-refractivity contribution in [3.05, 3.63) is 41.3 Å². The van der Waals surface area contributed by atoms with Gasteiger partial charge >= 0.3 is 0 Å². The number of hydrogen-bond donors (Lipinski definition) is 2. The van der Waals surface area contributed by atoms with Crippen LogP contribution in [0.2, 0.25) is 0 Å². The number of methoxy groups -OCH3 is 1. The third-order valence-electron chi connectivity index (χ3n) is 6.75. The van der Waals surface area contributed by atoms with E-state index >= 15 is 0 Å². The Kier molecular flexibility index (Phi) is 6.61. The quantitative estimate of drug-likeness (QED) is 0.497. The van der Waals surface area contributed by atoms with Crippen LogP contribution in [0.4, 0.5) is 4.39 Å². The molecule has 3 heterocycles. The fourth-order valence-corrected chi connectivity index (χ4v) is 4.61. The second-order valence-electron chi connectivity index (χ2n) is 9.65. The molecule has 0 bridgehead atoms. The molecule has 1 aliphatic heterocycles. The third kappa shape index (κ3) is 4.77. The summed E-state index contributed by atoms with van der Waals surface area (Å²) >= 11 is 0. The molecule has 2 aromatic heterocycles. The van der Waals surface area contributed by atoms with E-state index in [0.717, 1.165) is 16.9 Å². The molecule has 0 radical (unpaired) electrons. The van der Waals surface area contributed by atoms with Crippen LogP contribution in [0.15, 0.2) is 24.5 Å². The number of carbonyl (C=O) groups is 2. The second kappa shape index (κ2) is 9.85. The minimum absolute atomic E-state index is 0.0800. The van der Waals surface area contributed by atoms with E-state index in [1.807, 2.05) is 25.1 Å². The Labute approximate surface area is 208 Å². The van der Waals surface area contributed by atoms with Crippen molar-refractivity contribution in [3.63, 3.8) is 0 Å². The first-order chi connectivity index (χ1) is 17.4. The first-order valence-electron chi connectivity index (χ1n) is 12.1. The molecule has 2 aliphatic rings. The highest BCUT2D eigenvalue weighted by molar-refractivity contribution is 6.09. The molecule has 1 saturated carbocycles. The largest absolute Gasteiger partial charge is 0.493 e. The Bertz CT molecular complexity index is 1300. The zero-order chi connectivity index (χ0) is 25.4. The summed E-state index contributed by atoms with van der Waals surface area (Å²) in [5.41, 5.74) is 4.50. The van der Waals surface area contributed by atoms with Gasteiger partial charge < -0.3 is 24.7 Å². The lowest BCUT2D eigenvalue weighted by atomic mass is 10.1. The number of nitrogens with one attached hydrogen (secondary N) is 2. The molecule has 2 fully saturated rings. The number of likely N-dealkylation sites (tertiary alicyclic amines) is 1. The van der Waals surface area contributed by atoms with E-state index in [1.54, 1.807) is 6.92 Å². The first kappa shape index (κ1) is 24.2. The monoisotopic (exact) mass is 495 g/mol. The molecule has 9 nitrogen and oxygen atoms in total. The molecule has 5 rings (SSSR count). The van der Waals surface area contributed by atoms with Crippen molar-refractivity contribution in [1.29, 1.82) is 0 Å². The van der Waals surface area contributed by atoms with Gasteiger partial charge in [-0.2, -0.15) is 0 Å². The number of alkyl halides is 1. The number of aromatic nitrogens is 3. The lowest BCUT2D eigenvalue weighted by Crippen LogP contribution is -2.42. The Balaban J connectivity index is 1.43. The molecule has 1 aliphatic carbocycles. The molecule has 2 atom stereocenters. The Morgan fingerprint density at radius 2 is 2.03 bits per heavy atom. The molecule has 2 N–H and O–H groups in total. The number of aryl methyl sites for hydroxylation is 2. The van der Waals surface area contributed by atoms with Gasteiger partial charge in [0.05, 0.1) is 30.3 Å². The number of halogens is 1. The average molecular weight is 496 g/mol. The number of amides is 2. The van der Waals surface area contributed by atoms with Gasteiger partial charge in [-0.15, -0.1) is 0 Å². The van der Waals surface area contributed by atoms with Crippen LogP contribution in [0.3, 0.4) is 0 Å². The summed E-state index contributed by atoms with van der Waals surface area (Å²) in [5.74, 6) is 0.572. The summed E-state index contributed by atoms with van der Waals surface area (Å²) in [6.07, 6.45) is 2.43. The zero-order valence-electron chi connectivity index (χ0n) is 20.6. The van der Waals surface area contributed by atoms with Crippen molar-refractivity contribution in [2.45, 2.75) is 38.9 Å². The molecule has 0 unspecified atom stereocenters. The van der Waals surface area contributed by atoms with Gasteiger partial charge in [0.15, 0.2) is 0 Å². The number of rotatable bonds is 8. The number of fused-ring (bicyclic) bond motifs is 1. The maximum absolute atomic E-state index is 14.7. The van der Waals surface area contributed by atoms with Crippen LogP contribution in [0.5, 0.6) is 5.75 Å². The lowest BCUT2D eigenvalue weighted by Gasteiger charge is -2.16. The number of carbonyl (C=O) groups excluding carboxylic acids is 2. The Morgan fingerprint density at radius 3 is 2.78 bits per heavy atom. The van der Waals surface area contributed by atoms with Gasteiger partial charge in [-0.1, -0.05) is 11.6 Å². The molecule has 10 heteroatoms. The highest BCUT2D eigenvalue weighted by Gasteiger charge is 2.37. The molecule has 1 aromatic carbocycles. The maximum Gasteiger partial charge on any atom is 0.255 e. The number of benzene rings is 1. The van der Waals surface area contributed by atoms with E-state index < -0.39 is 18.1 Å². The van der Waals surface area contributed by atoms with Crippen molar-refractivity contribution in [2.75, 3.05) is 33.4 Å². The molecule has 3 aromatic rings. The van der Waals surface area contributed by atoms with Gasteiger partial charge in [0, 0.05) is 24.9 Å². The molecule has 0 spiro atoms. The standard InChI is InChI=1S/C26H30FN5O4/c1-14-4-7-20(36-11-16-5-6-16)17(8-14)23-25-24(29-13-28-23)22(15(2)30-25)26(34)31-19-10-32(9-18(19)27)21(33)12-35-3/h4,7-8,13,16,18-19,30H,5-6,9-12H2,1-3H3,(H,31,34)/t18-,19+/m0/s1. The SMILES string of the molecule is COCC(=O)N1C[C@H](F)[C@H](NC(=O)c2c(C)[nH]c3c(-c4cc(C)ccc4OCC4CC4)ncnc23)C1. The number of nitrogens with zero attached hydrogens (tertiary/aromatic N) is 3. The van der Waals surface area contributed by atoms with Crippen molar-refractivity contribution in [2.24, 2.45) is 5.92 Å². The highest BCUT2D eigenvalue weighted by Crippen LogP contribution is 2.37. The summed E-state index contributed by atoms with van der Waals surface area (Å²) in [6, 6.07) is 5.14. The van der Waals surface area contributed by atoms with Crippen LogP contribution in [0.1, 0.15) is 34.5 Å². The molecule has 2 amide bonds. The predicted molar refractivity (Wildman–Crippen MR) is 132 cm³/mol. The molecule has 1 saturated heterocycles. The smallest absolute Gasteiger partial charge is 0.255 e. The summed E-state index contributed by atoms with van der Waals surface area (Å²) < 4.78 is 25.6. The van der Waals surface area contributed by atoms with E-state index in [4.69, 9.17) is 9.47 Å². The fourth-order valence-electron chi connectivity index (χ4n) is 4.61. The average Bonchev–Trinajstić information content (AvgIpc) is 3.51. The van der Waals surface area contributed by atoms with E-state index in [-0.39, 0.29) is 25.6 Å².